The molecule has 4 amide bonds. The number of piperidine rings is 1. The number of nitrogens with one attached hydrogen (secondary N) is 2. The smallest absolute Gasteiger partial charge is 0.346 e. The Morgan fingerprint density at radius 3 is 2.69 bits per heavy atom. The van der Waals surface area contributed by atoms with Gasteiger partial charge in [0, 0.05) is 35.6 Å². The number of amides is 4. The molecule has 2 aliphatic heterocycles. The molecule has 7 nitrogen and oxygen atoms in total. The minimum atomic E-state index is -4.10. The van der Waals surface area contributed by atoms with E-state index in [0.717, 1.165) is 17.0 Å². The van der Waals surface area contributed by atoms with Crippen molar-refractivity contribution in [1.82, 2.24) is 15.5 Å². The second-order valence-electron chi connectivity index (χ2n) is 7.30. The summed E-state index contributed by atoms with van der Waals surface area (Å²) in [5, 5.41) is 2.14. The summed E-state index contributed by atoms with van der Waals surface area (Å²) in [4.78, 5) is 49.9. The number of benzene rings is 2. The molecular weight excluding hydrogens is 444 g/mol. The van der Waals surface area contributed by atoms with Gasteiger partial charge in [-0.1, -0.05) is 35.9 Å². The molecule has 0 aromatic heterocycles. The summed E-state index contributed by atoms with van der Waals surface area (Å²) in [6, 6.07) is 6.89. The first-order valence-electron chi connectivity index (χ1n) is 11.1. The minimum Gasteiger partial charge on any atom is -0.346 e. The van der Waals surface area contributed by atoms with Crippen molar-refractivity contribution in [3.8, 4) is 0 Å². The minimum absolute atomic E-state index is 0.00103. The van der Waals surface area contributed by atoms with Crippen molar-refractivity contribution < 1.29 is 32.1 Å². The molecule has 2 heterocycles. The third-order valence-electron chi connectivity index (χ3n) is 5.17. The van der Waals surface area contributed by atoms with Crippen LogP contribution in [0.15, 0.2) is 42.5 Å². The number of alkyl halides is 2. The average molecular weight is 465 g/mol. The third-order valence-corrected chi connectivity index (χ3v) is 5.42. The van der Waals surface area contributed by atoms with E-state index in [9.17, 15) is 28.0 Å². The average Bonchev–Trinajstić information content (AvgIpc) is 3.07. The fourth-order valence-corrected chi connectivity index (χ4v) is 3.61. The Bertz CT molecular complexity index is 1230. The van der Waals surface area contributed by atoms with Crippen LogP contribution in [-0.4, -0.2) is 34.6 Å². The molecule has 1 fully saturated rings. The number of rotatable bonds is 5. The molecule has 2 aromatic carbocycles. The number of imide groups is 1. The number of fused-ring (bicyclic) bond motifs is 1. The number of carbonyl (C=O) groups is 4. The molecule has 0 bridgehead atoms. The third kappa shape index (κ3) is 4.08. The first-order valence-corrected chi connectivity index (χ1v) is 9.92. The zero-order valence-corrected chi connectivity index (χ0v) is 17.1. The molecule has 3 unspecified atom stereocenters. The van der Waals surface area contributed by atoms with Crippen molar-refractivity contribution in [2.75, 3.05) is 0 Å². The zero-order valence-electron chi connectivity index (χ0n) is 19.3. The van der Waals surface area contributed by atoms with Crippen molar-refractivity contribution in [3.05, 3.63) is 69.7 Å². The van der Waals surface area contributed by atoms with E-state index in [1.54, 1.807) is 0 Å². The Kier molecular flexibility index (Phi) is 4.74. The highest BCUT2D eigenvalue weighted by atomic mass is 35.5. The lowest BCUT2D eigenvalue weighted by molar-refractivity contribution is -0.147. The van der Waals surface area contributed by atoms with E-state index in [-0.39, 0.29) is 39.9 Å². The van der Waals surface area contributed by atoms with Crippen LogP contribution in [0.5, 0.6) is 0 Å². The van der Waals surface area contributed by atoms with Gasteiger partial charge in [0.1, 0.15) is 6.04 Å². The highest BCUT2D eigenvalue weighted by molar-refractivity contribution is 6.30. The molecule has 4 rings (SSSR count). The number of nitrogens with zero attached hydrogens (tertiary/aromatic N) is 1. The predicted molar refractivity (Wildman–Crippen MR) is 110 cm³/mol. The number of carbonyl (C=O) groups excluding carboxylic acids is 4. The van der Waals surface area contributed by atoms with Gasteiger partial charge in [-0.05, 0) is 35.7 Å². The maximum absolute atomic E-state index is 14.7. The Balaban J connectivity index is 1.57. The lowest BCUT2D eigenvalue weighted by Crippen LogP contribution is -2.52. The second kappa shape index (κ2) is 8.31. The van der Waals surface area contributed by atoms with Crippen LogP contribution < -0.4 is 10.6 Å². The summed E-state index contributed by atoms with van der Waals surface area (Å²) >= 11 is 5.69. The topological polar surface area (TPSA) is 95.6 Å². The van der Waals surface area contributed by atoms with Gasteiger partial charge in [0.25, 0.3) is 11.8 Å². The summed E-state index contributed by atoms with van der Waals surface area (Å²) in [5.74, 6) is -7.85. The van der Waals surface area contributed by atoms with Gasteiger partial charge < -0.3 is 10.2 Å². The van der Waals surface area contributed by atoms with Gasteiger partial charge in [-0.2, -0.15) is 8.78 Å². The quantitative estimate of drug-likeness (QED) is 0.665. The number of halogens is 3. The summed E-state index contributed by atoms with van der Waals surface area (Å²) < 4.78 is 53.9. The molecule has 0 spiro atoms. The fourth-order valence-electron chi connectivity index (χ4n) is 3.49. The van der Waals surface area contributed by atoms with Crippen LogP contribution in [0.25, 0.3) is 0 Å². The van der Waals surface area contributed by atoms with Crippen molar-refractivity contribution in [2.24, 2.45) is 0 Å². The van der Waals surface area contributed by atoms with Crippen molar-refractivity contribution in [1.29, 1.82) is 0 Å². The van der Waals surface area contributed by atoms with Crippen LogP contribution in [0.4, 0.5) is 8.78 Å². The van der Waals surface area contributed by atoms with Gasteiger partial charge in [-0.25, -0.2) is 0 Å². The van der Waals surface area contributed by atoms with Crippen LogP contribution in [0, 0.1) is 0 Å². The molecule has 2 aliphatic rings. The first kappa shape index (κ1) is 18.3. The van der Waals surface area contributed by atoms with E-state index in [1.807, 2.05) is 0 Å². The SMILES string of the molecule is [2H]C(c1ccc2c(c1)C([2H])N(C1CCC(=O)NC1=O)C2=O)N([2H])C(=O)C(F)(F)c1ccc(Cl)cc1. The van der Waals surface area contributed by atoms with Gasteiger partial charge in [-0.15, -0.1) is 0 Å². The molecule has 0 radical (unpaired) electrons. The lowest BCUT2D eigenvalue weighted by Gasteiger charge is -2.29. The molecule has 3 atom stereocenters. The maximum atomic E-state index is 14.7. The molecule has 166 valence electrons. The highest BCUT2D eigenvalue weighted by Crippen LogP contribution is 2.30. The van der Waals surface area contributed by atoms with E-state index in [1.165, 1.54) is 30.3 Å². The standard InChI is InChI=1S/C22H18ClF2N3O4/c23-15-4-2-14(3-5-15)22(24,25)21(32)26-10-12-1-6-16-13(9-12)11-28(20(16)31)17-7-8-18(29)27-19(17)30/h1-6,9,17H,7-8,10-11H2,(H,26,32)(H,27,29,30)/i10D,11D/hD. The molecule has 2 N–H and O–H groups in total. The number of hydrogen-bond acceptors (Lipinski definition) is 4. The van der Waals surface area contributed by atoms with Gasteiger partial charge in [0.05, 0.1) is 2.74 Å². The molecule has 0 aliphatic carbocycles. The fraction of sp³-hybridized carbons (Fsp3) is 0.273. The Morgan fingerprint density at radius 1 is 1.28 bits per heavy atom. The van der Waals surface area contributed by atoms with Crippen LogP contribution in [0.2, 0.25) is 6.43 Å². The van der Waals surface area contributed by atoms with Crippen molar-refractivity contribution >= 4 is 35.2 Å². The van der Waals surface area contributed by atoms with E-state index >= 15 is 0 Å². The molecule has 32 heavy (non-hydrogen) atoms. The van der Waals surface area contributed by atoms with Gasteiger partial charge in [-0.3, -0.25) is 24.5 Å². The molecule has 2 aromatic rings. The van der Waals surface area contributed by atoms with Crippen LogP contribution in [0.1, 0.15) is 42.6 Å². The highest BCUT2D eigenvalue weighted by Gasteiger charge is 2.41. The van der Waals surface area contributed by atoms with E-state index in [4.69, 9.17) is 15.8 Å². The lowest BCUT2D eigenvalue weighted by atomic mass is 10.0. The largest absolute Gasteiger partial charge is 0.349 e. The molecule has 10 heteroatoms. The van der Waals surface area contributed by atoms with E-state index < -0.39 is 54.2 Å². The van der Waals surface area contributed by atoms with Crippen LogP contribution in [-0.2, 0) is 33.3 Å². The summed E-state index contributed by atoms with van der Waals surface area (Å²) in [6.45, 7) is -3.25. The van der Waals surface area contributed by atoms with Crippen LogP contribution >= 0.6 is 11.6 Å². The summed E-state index contributed by atoms with van der Waals surface area (Å²) in [7, 11) is 0. The van der Waals surface area contributed by atoms with Crippen LogP contribution in [0.3, 0.4) is 0 Å². The predicted octanol–water partition coefficient (Wildman–Crippen LogP) is 2.51. The van der Waals surface area contributed by atoms with E-state index in [0.29, 0.717) is 0 Å². The zero-order chi connectivity index (χ0) is 25.7. The van der Waals surface area contributed by atoms with E-state index in [2.05, 4.69) is 5.32 Å². The summed E-state index contributed by atoms with van der Waals surface area (Å²) in [6.07, 6.45) is 0.0452. The second-order valence-corrected chi connectivity index (χ2v) is 7.74. The van der Waals surface area contributed by atoms with Crippen molar-refractivity contribution in [3.63, 3.8) is 0 Å². The molecule has 1 saturated heterocycles. The first-order chi connectivity index (χ1) is 16.4. The van der Waals surface area contributed by atoms with Gasteiger partial charge in [0.15, 0.2) is 1.41 Å². The Morgan fingerprint density at radius 2 is 2.00 bits per heavy atom. The normalized spacial score (nSPS) is 23.0. The van der Waals surface area contributed by atoms with Gasteiger partial charge in [0.2, 0.25) is 11.8 Å². The molecular formula is C22H18ClF2N3O4. The number of hydrogen-bond donors (Lipinski definition) is 2. The van der Waals surface area contributed by atoms with Crippen molar-refractivity contribution in [2.45, 2.75) is 37.8 Å². The Labute approximate surface area is 191 Å². The Hall–Kier alpha value is -3.33. The summed E-state index contributed by atoms with van der Waals surface area (Å²) in [5.41, 5.74) is -0.601. The van der Waals surface area contributed by atoms with Gasteiger partial charge >= 0.3 is 5.92 Å². The molecule has 0 saturated carbocycles. The maximum Gasteiger partial charge on any atom is 0.349 e. The monoisotopic (exact) mass is 464 g/mol.